The summed E-state index contributed by atoms with van der Waals surface area (Å²) in [5, 5.41) is 10.1. The van der Waals surface area contributed by atoms with E-state index in [9.17, 15) is 18.8 Å². The van der Waals surface area contributed by atoms with E-state index in [0.29, 0.717) is 22.6 Å². The largest absolute Gasteiger partial charge is 0.352 e. The summed E-state index contributed by atoms with van der Waals surface area (Å²) in [6.07, 6.45) is 3.66. The quantitative estimate of drug-likeness (QED) is 0.668. The highest BCUT2D eigenvalue weighted by atomic mass is 32.1. The first-order valence-corrected chi connectivity index (χ1v) is 10.6. The van der Waals surface area contributed by atoms with E-state index in [4.69, 9.17) is 0 Å². The molecule has 0 aliphatic heterocycles. The molecule has 0 unspecified atom stereocenters. The first-order chi connectivity index (χ1) is 14.4. The third-order valence-electron chi connectivity index (χ3n) is 5.19. The van der Waals surface area contributed by atoms with Crippen LogP contribution in [-0.2, 0) is 19.9 Å². The second-order valence-electron chi connectivity index (χ2n) is 7.19. The minimum Gasteiger partial charge on any atom is -0.352 e. The molecule has 3 aromatic rings. The van der Waals surface area contributed by atoms with Gasteiger partial charge >= 0.3 is 0 Å². The van der Waals surface area contributed by atoms with Gasteiger partial charge in [-0.25, -0.2) is 4.39 Å². The van der Waals surface area contributed by atoms with E-state index in [2.05, 4.69) is 15.7 Å². The number of hydrogen-bond acceptors (Lipinski definition) is 5. The molecule has 4 rings (SSSR count). The van der Waals surface area contributed by atoms with Crippen LogP contribution in [-0.4, -0.2) is 28.1 Å². The second kappa shape index (κ2) is 7.98. The molecule has 0 spiro atoms. The van der Waals surface area contributed by atoms with E-state index >= 15 is 0 Å². The molecule has 2 N–H and O–H groups in total. The minimum atomic E-state index is -0.717. The van der Waals surface area contributed by atoms with Gasteiger partial charge in [0.2, 0.25) is 5.43 Å². The summed E-state index contributed by atoms with van der Waals surface area (Å²) >= 11 is 1.37. The molecule has 0 radical (unpaired) electrons. The SMILES string of the molecule is CCNC(=O)c1c(NC(=O)c2nn(C)c3ccc(F)cc3c2=O)sc2c1CCCC2. The first-order valence-electron chi connectivity index (χ1n) is 9.81. The zero-order valence-electron chi connectivity index (χ0n) is 16.7. The van der Waals surface area contributed by atoms with Crippen molar-refractivity contribution in [2.24, 2.45) is 7.05 Å². The van der Waals surface area contributed by atoms with Gasteiger partial charge in [0.25, 0.3) is 11.8 Å². The highest BCUT2D eigenvalue weighted by Gasteiger charge is 2.27. The van der Waals surface area contributed by atoms with Crippen molar-refractivity contribution in [2.45, 2.75) is 32.6 Å². The molecule has 30 heavy (non-hydrogen) atoms. The summed E-state index contributed by atoms with van der Waals surface area (Å²) in [5.74, 6) is -1.53. The molecule has 1 aliphatic carbocycles. The number of rotatable bonds is 4. The maximum Gasteiger partial charge on any atom is 0.280 e. The van der Waals surface area contributed by atoms with Gasteiger partial charge < -0.3 is 10.6 Å². The molecule has 1 aliphatic rings. The summed E-state index contributed by atoms with van der Waals surface area (Å²) < 4.78 is 15.0. The van der Waals surface area contributed by atoms with Crippen LogP contribution in [0.5, 0.6) is 0 Å². The molecule has 9 heteroatoms. The zero-order valence-corrected chi connectivity index (χ0v) is 17.5. The number of carbonyl (C=O) groups is 2. The molecule has 2 amide bonds. The third kappa shape index (κ3) is 3.49. The Balaban J connectivity index is 1.76. The average Bonchev–Trinajstić information content (AvgIpc) is 3.08. The molecular weight excluding hydrogens is 407 g/mol. The molecule has 2 aromatic heterocycles. The number of anilines is 1. The van der Waals surface area contributed by atoms with E-state index in [0.717, 1.165) is 42.2 Å². The maximum absolute atomic E-state index is 13.7. The van der Waals surface area contributed by atoms with Crippen LogP contribution in [0, 0.1) is 5.82 Å². The summed E-state index contributed by atoms with van der Waals surface area (Å²) in [7, 11) is 1.58. The molecule has 7 nitrogen and oxygen atoms in total. The number of benzene rings is 1. The van der Waals surface area contributed by atoms with Gasteiger partial charge in [-0.1, -0.05) is 0 Å². The Morgan fingerprint density at radius 2 is 2.00 bits per heavy atom. The average molecular weight is 428 g/mol. The number of fused-ring (bicyclic) bond motifs is 2. The molecule has 0 atom stereocenters. The van der Waals surface area contributed by atoms with Gasteiger partial charge in [0.15, 0.2) is 5.69 Å². The van der Waals surface area contributed by atoms with Crippen LogP contribution in [0.1, 0.15) is 51.1 Å². The minimum absolute atomic E-state index is 0.0760. The van der Waals surface area contributed by atoms with Crippen molar-refractivity contribution in [1.29, 1.82) is 0 Å². The standard InChI is InChI=1S/C21H21FN4O3S/c1-3-23-19(28)16-12-6-4-5-7-15(12)30-21(16)24-20(29)17-18(27)13-10-11(22)8-9-14(13)26(2)25-17/h8-10H,3-7H2,1-2H3,(H,23,28)(H,24,29). The molecule has 0 saturated carbocycles. The van der Waals surface area contributed by atoms with Crippen LogP contribution in [0.2, 0.25) is 0 Å². The number of carbonyl (C=O) groups excluding carboxylic acids is 2. The number of aryl methyl sites for hydroxylation is 2. The van der Waals surface area contributed by atoms with Crippen LogP contribution in [0.15, 0.2) is 23.0 Å². The Kier molecular flexibility index (Phi) is 5.38. The fraction of sp³-hybridized carbons (Fsp3) is 0.333. The first kappa shape index (κ1) is 20.2. The Morgan fingerprint density at radius 1 is 1.23 bits per heavy atom. The second-order valence-corrected chi connectivity index (χ2v) is 8.30. The third-order valence-corrected chi connectivity index (χ3v) is 6.40. The van der Waals surface area contributed by atoms with E-state index in [-0.39, 0.29) is 17.0 Å². The van der Waals surface area contributed by atoms with Gasteiger partial charge in [-0.15, -0.1) is 11.3 Å². The van der Waals surface area contributed by atoms with E-state index in [1.54, 1.807) is 7.05 Å². The fourth-order valence-corrected chi connectivity index (χ4v) is 5.08. The molecule has 1 aromatic carbocycles. The molecule has 0 fully saturated rings. The van der Waals surface area contributed by atoms with Gasteiger partial charge in [0.1, 0.15) is 10.8 Å². The highest BCUT2D eigenvalue weighted by molar-refractivity contribution is 7.17. The zero-order chi connectivity index (χ0) is 21.4. The van der Waals surface area contributed by atoms with E-state index < -0.39 is 17.2 Å². The lowest BCUT2D eigenvalue weighted by atomic mass is 9.95. The van der Waals surface area contributed by atoms with Crippen molar-refractivity contribution < 1.29 is 14.0 Å². The van der Waals surface area contributed by atoms with Crippen molar-refractivity contribution >= 4 is 39.1 Å². The topological polar surface area (TPSA) is 93.1 Å². The van der Waals surface area contributed by atoms with Crippen LogP contribution < -0.4 is 16.1 Å². The lowest BCUT2D eigenvalue weighted by Crippen LogP contribution is -2.28. The Bertz CT molecular complexity index is 1230. The lowest BCUT2D eigenvalue weighted by Gasteiger charge is -2.13. The Labute approximate surface area is 175 Å². The van der Waals surface area contributed by atoms with Crippen LogP contribution in [0.4, 0.5) is 9.39 Å². The lowest BCUT2D eigenvalue weighted by molar-refractivity contribution is 0.0956. The smallest absolute Gasteiger partial charge is 0.280 e. The number of nitrogens with one attached hydrogen (secondary N) is 2. The number of hydrogen-bond donors (Lipinski definition) is 2. The van der Waals surface area contributed by atoms with Gasteiger partial charge in [0.05, 0.1) is 16.5 Å². The fourth-order valence-electron chi connectivity index (χ4n) is 3.80. The van der Waals surface area contributed by atoms with Crippen molar-refractivity contribution in [3.8, 4) is 0 Å². The number of thiophene rings is 1. The van der Waals surface area contributed by atoms with E-state index in [1.165, 1.54) is 28.2 Å². The number of nitrogens with zero attached hydrogens (tertiary/aromatic N) is 2. The van der Waals surface area contributed by atoms with Gasteiger partial charge in [0, 0.05) is 18.5 Å². The summed E-state index contributed by atoms with van der Waals surface area (Å²) in [6, 6.07) is 3.78. The van der Waals surface area contributed by atoms with Crippen LogP contribution in [0.25, 0.3) is 10.9 Å². The molecule has 2 heterocycles. The highest BCUT2D eigenvalue weighted by Crippen LogP contribution is 2.38. The van der Waals surface area contributed by atoms with Gasteiger partial charge in [-0.3, -0.25) is 19.1 Å². The number of halogens is 1. The van der Waals surface area contributed by atoms with Crippen LogP contribution >= 0.6 is 11.3 Å². The summed E-state index contributed by atoms with van der Waals surface area (Å²) in [4.78, 5) is 39.5. The van der Waals surface area contributed by atoms with Crippen molar-refractivity contribution in [3.05, 3.63) is 55.9 Å². The Morgan fingerprint density at radius 3 is 2.77 bits per heavy atom. The number of aromatic nitrogens is 2. The predicted molar refractivity (Wildman–Crippen MR) is 114 cm³/mol. The van der Waals surface area contributed by atoms with Crippen molar-refractivity contribution in [3.63, 3.8) is 0 Å². The van der Waals surface area contributed by atoms with Crippen molar-refractivity contribution in [1.82, 2.24) is 15.1 Å². The number of amides is 2. The molecule has 0 bridgehead atoms. The maximum atomic E-state index is 13.7. The molecule has 156 valence electrons. The van der Waals surface area contributed by atoms with Crippen molar-refractivity contribution in [2.75, 3.05) is 11.9 Å². The van der Waals surface area contributed by atoms with Crippen LogP contribution in [0.3, 0.4) is 0 Å². The molecule has 0 saturated heterocycles. The summed E-state index contributed by atoms with van der Waals surface area (Å²) in [6.45, 7) is 2.30. The normalized spacial score (nSPS) is 13.2. The predicted octanol–water partition coefficient (Wildman–Crippen LogP) is 3.01. The van der Waals surface area contributed by atoms with Gasteiger partial charge in [-0.05, 0) is 56.4 Å². The monoisotopic (exact) mass is 428 g/mol. The summed E-state index contributed by atoms with van der Waals surface area (Å²) in [5.41, 5.74) is 0.861. The van der Waals surface area contributed by atoms with Gasteiger partial charge in [-0.2, -0.15) is 5.10 Å². The Hall–Kier alpha value is -3.07. The molecular formula is C21H21FN4O3S. The van der Waals surface area contributed by atoms with E-state index in [1.807, 2.05) is 6.92 Å².